The van der Waals surface area contributed by atoms with Crippen LogP contribution in [0.1, 0.15) is 64.1 Å². The Morgan fingerprint density at radius 1 is 1.07 bits per heavy atom. The van der Waals surface area contributed by atoms with E-state index >= 15 is 0 Å². The maximum atomic E-state index is 13.6. The van der Waals surface area contributed by atoms with Gasteiger partial charge < -0.3 is 14.3 Å². The van der Waals surface area contributed by atoms with E-state index in [-0.39, 0.29) is 17.6 Å². The highest BCUT2D eigenvalue weighted by Gasteiger charge is 2.32. The predicted octanol–water partition coefficient (Wildman–Crippen LogP) is 6.90. The van der Waals surface area contributed by atoms with Crippen LogP contribution in [-0.2, 0) is 10.0 Å². The predicted molar refractivity (Wildman–Crippen MR) is 170 cm³/mol. The number of nitrogens with one attached hydrogen (secondary N) is 1. The first-order valence-corrected chi connectivity index (χ1v) is 16.4. The maximum Gasteiger partial charge on any atom is 0.270 e. The summed E-state index contributed by atoms with van der Waals surface area (Å²) in [5.74, 6) is 0.190. The van der Waals surface area contributed by atoms with Gasteiger partial charge in [0.2, 0.25) is 10.0 Å². The van der Waals surface area contributed by atoms with Gasteiger partial charge in [-0.2, -0.15) is 0 Å². The van der Waals surface area contributed by atoms with Crippen LogP contribution in [-0.4, -0.2) is 56.4 Å². The molecule has 1 aliphatic rings. The van der Waals surface area contributed by atoms with Crippen LogP contribution in [0.25, 0.3) is 33.2 Å². The van der Waals surface area contributed by atoms with E-state index in [9.17, 15) is 18.0 Å². The molecule has 222 valence electrons. The van der Waals surface area contributed by atoms with Crippen molar-refractivity contribution in [1.82, 2.24) is 9.88 Å². The summed E-state index contributed by atoms with van der Waals surface area (Å²) in [6, 6.07) is 21.1. The van der Waals surface area contributed by atoms with Crippen molar-refractivity contribution in [2.24, 2.45) is 0 Å². The van der Waals surface area contributed by atoms with Crippen LogP contribution in [0.2, 0.25) is 0 Å². The van der Waals surface area contributed by atoms with Crippen molar-refractivity contribution in [3.63, 3.8) is 0 Å². The first kappa shape index (κ1) is 28.7. The normalized spacial score (nSPS) is 15.7. The molecule has 0 spiro atoms. The standard InChI is InChI=1S/C34H35N3O5S/c1-5-30(38)32-26-18-25(24-10-8-16-37(20-24)34(39)28-17-23-9-6-7-11-27(23)35-28)29(36(3)43(4,40)41)19-31(26)42-33(32)22-14-12-21(2)13-15-22/h6-7,9,11-15,17-19,24,35H,5,8,10,16,20H2,1-4H3/t24-/m1/s1. The Bertz CT molecular complexity index is 1940. The molecule has 0 bridgehead atoms. The van der Waals surface area contributed by atoms with Crippen LogP contribution < -0.4 is 4.31 Å². The highest BCUT2D eigenvalue weighted by molar-refractivity contribution is 7.92. The Kier molecular flexibility index (Phi) is 7.38. The highest BCUT2D eigenvalue weighted by Crippen LogP contribution is 2.42. The van der Waals surface area contributed by atoms with E-state index in [1.54, 1.807) is 6.07 Å². The van der Waals surface area contributed by atoms with Crippen LogP contribution in [0, 0.1) is 6.92 Å². The second-order valence-corrected chi connectivity index (χ2v) is 13.5. The van der Waals surface area contributed by atoms with Crippen molar-refractivity contribution in [3.8, 4) is 11.3 Å². The molecule has 3 heterocycles. The lowest BCUT2D eigenvalue weighted by molar-refractivity contribution is 0.0702. The van der Waals surface area contributed by atoms with E-state index in [2.05, 4.69) is 4.98 Å². The molecule has 3 aromatic carbocycles. The number of amides is 1. The molecule has 8 nitrogen and oxygen atoms in total. The average molecular weight is 598 g/mol. The van der Waals surface area contributed by atoms with Crippen LogP contribution in [0.5, 0.6) is 0 Å². The third kappa shape index (κ3) is 5.33. The highest BCUT2D eigenvalue weighted by atomic mass is 32.2. The number of aromatic amines is 1. The number of para-hydroxylation sites is 1. The number of hydrogen-bond acceptors (Lipinski definition) is 5. The van der Waals surface area contributed by atoms with Gasteiger partial charge in [0.1, 0.15) is 17.0 Å². The minimum Gasteiger partial charge on any atom is -0.455 e. The Balaban J connectivity index is 1.46. The number of hydrogen-bond donors (Lipinski definition) is 1. The molecular weight excluding hydrogens is 562 g/mol. The van der Waals surface area contributed by atoms with Gasteiger partial charge >= 0.3 is 0 Å². The number of likely N-dealkylation sites (tertiary alicyclic amines) is 1. The monoisotopic (exact) mass is 597 g/mol. The lowest BCUT2D eigenvalue weighted by atomic mass is 9.87. The van der Waals surface area contributed by atoms with Crippen LogP contribution in [0.15, 0.2) is 71.1 Å². The lowest BCUT2D eigenvalue weighted by Gasteiger charge is -2.34. The SMILES string of the molecule is CCC(=O)c1c(-c2ccc(C)cc2)oc2cc(N(C)S(C)(=O)=O)c([C@@H]3CCCN(C(=O)c4cc5ccccc5[nH]4)C3)cc12. The fraction of sp³-hybridized carbons (Fsp3) is 0.294. The molecule has 2 aromatic heterocycles. The molecule has 0 aliphatic carbocycles. The maximum absolute atomic E-state index is 13.6. The van der Waals surface area contributed by atoms with Gasteiger partial charge in [0.05, 0.1) is 17.5 Å². The summed E-state index contributed by atoms with van der Waals surface area (Å²) in [6.45, 7) is 4.84. The number of nitrogens with zero attached hydrogens (tertiary/aromatic N) is 2. The minimum atomic E-state index is -3.62. The fourth-order valence-electron chi connectivity index (χ4n) is 6.06. The Morgan fingerprint density at radius 2 is 1.81 bits per heavy atom. The van der Waals surface area contributed by atoms with Crippen molar-refractivity contribution < 1.29 is 22.4 Å². The number of Topliss-reactive ketones (excluding diaryl/α,β-unsaturated/α-hetero) is 1. The number of ketones is 1. The topological polar surface area (TPSA) is 104 Å². The van der Waals surface area contributed by atoms with E-state index in [0.717, 1.165) is 40.4 Å². The number of sulfonamides is 1. The zero-order chi connectivity index (χ0) is 30.5. The number of carbonyl (C=O) groups is 2. The van der Waals surface area contributed by atoms with Gasteiger partial charge in [-0.1, -0.05) is 55.0 Å². The number of piperidine rings is 1. The van der Waals surface area contributed by atoms with E-state index in [0.29, 0.717) is 53.2 Å². The van der Waals surface area contributed by atoms with E-state index in [4.69, 9.17) is 4.42 Å². The number of aromatic nitrogens is 1. The molecule has 1 saturated heterocycles. The van der Waals surface area contributed by atoms with Crippen LogP contribution >= 0.6 is 0 Å². The Morgan fingerprint density at radius 3 is 2.51 bits per heavy atom. The van der Waals surface area contributed by atoms with Gasteiger partial charge in [0.25, 0.3) is 5.91 Å². The smallest absolute Gasteiger partial charge is 0.270 e. The van der Waals surface area contributed by atoms with E-state index in [1.165, 1.54) is 17.6 Å². The third-order valence-electron chi connectivity index (χ3n) is 8.50. The molecule has 1 atom stereocenters. The van der Waals surface area contributed by atoms with Gasteiger partial charge in [0.15, 0.2) is 5.78 Å². The van der Waals surface area contributed by atoms with Crippen LogP contribution in [0.4, 0.5) is 5.69 Å². The molecule has 9 heteroatoms. The third-order valence-corrected chi connectivity index (χ3v) is 9.69. The zero-order valence-corrected chi connectivity index (χ0v) is 25.6. The van der Waals surface area contributed by atoms with Crippen molar-refractivity contribution in [2.45, 2.75) is 39.0 Å². The number of fused-ring (bicyclic) bond motifs is 2. The molecule has 43 heavy (non-hydrogen) atoms. The minimum absolute atomic E-state index is 0.0521. The Hall–Kier alpha value is -4.37. The summed E-state index contributed by atoms with van der Waals surface area (Å²) in [7, 11) is -2.09. The van der Waals surface area contributed by atoms with E-state index < -0.39 is 10.0 Å². The molecule has 1 N–H and O–H groups in total. The number of anilines is 1. The van der Waals surface area contributed by atoms with Gasteiger partial charge in [-0.15, -0.1) is 0 Å². The molecule has 1 amide bonds. The summed E-state index contributed by atoms with van der Waals surface area (Å²) in [4.78, 5) is 32.1. The second kappa shape index (κ2) is 11.0. The summed E-state index contributed by atoms with van der Waals surface area (Å²) in [6.07, 6.45) is 2.99. The van der Waals surface area contributed by atoms with Crippen molar-refractivity contribution >= 4 is 49.3 Å². The molecule has 5 aromatic rings. The number of benzene rings is 3. The van der Waals surface area contributed by atoms with Gasteiger partial charge in [0, 0.05) is 60.4 Å². The molecule has 0 radical (unpaired) electrons. The number of furan rings is 1. The summed E-state index contributed by atoms with van der Waals surface area (Å²) < 4.78 is 33.2. The molecule has 0 unspecified atom stereocenters. The number of aryl methyl sites for hydroxylation is 1. The van der Waals surface area contributed by atoms with Gasteiger partial charge in [-0.05, 0) is 43.5 Å². The lowest BCUT2D eigenvalue weighted by Crippen LogP contribution is -2.39. The second-order valence-electron chi connectivity index (χ2n) is 11.4. The summed E-state index contributed by atoms with van der Waals surface area (Å²) >= 11 is 0. The molecule has 1 fully saturated rings. The molecule has 1 aliphatic heterocycles. The van der Waals surface area contributed by atoms with Gasteiger partial charge in [-0.25, -0.2) is 8.42 Å². The van der Waals surface area contributed by atoms with E-state index in [1.807, 2.05) is 79.4 Å². The quantitative estimate of drug-likeness (QED) is 0.206. The molecule has 6 rings (SSSR count). The molecular formula is C34H35N3O5S. The number of H-pyrrole nitrogens is 1. The van der Waals surface area contributed by atoms with Crippen molar-refractivity contribution in [1.29, 1.82) is 0 Å². The summed E-state index contributed by atoms with van der Waals surface area (Å²) in [5, 5.41) is 1.63. The van der Waals surface area contributed by atoms with Crippen molar-refractivity contribution in [3.05, 3.63) is 89.1 Å². The molecule has 0 saturated carbocycles. The number of rotatable bonds is 7. The summed E-state index contributed by atoms with van der Waals surface area (Å²) in [5.41, 5.74) is 5.51. The average Bonchev–Trinajstić information content (AvgIpc) is 3.61. The Labute approximate surface area is 251 Å². The fourth-order valence-corrected chi connectivity index (χ4v) is 6.58. The number of carbonyl (C=O) groups excluding carboxylic acids is 2. The first-order valence-electron chi connectivity index (χ1n) is 14.6. The van der Waals surface area contributed by atoms with Gasteiger partial charge in [-0.3, -0.25) is 13.9 Å². The first-order chi connectivity index (χ1) is 20.5. The van der Waals surface area contributed by atoms with Crippen molar-refractivity contribution in [2.75, 3.05) is 30.7 Å². The van der Waals surface area contributed by atoms with Crippen LogP contribution in [0.3, 0.4) is 0 Å². The zero-order valence-electron chi connectivity index (χ0n) is 24.8. The largest absolute Gasteiger partial charge is 0.455 e.